The summed E-state index contributed by atoms with van der Waals surface area (Å²) in [5, 5.41) is 2.97. The summed E-state index contributed by atoms with van der Waals surface area (Å²) in [5.41, 5.74) is -0.429. The molecule has 0 spiro atoms. The Labute approximate surface area is 84.7 Å². The van der Waals surface area contributed by atoms with Gasteiger partial charge < -0.3 is 10.1 Å². The standard InChI is InChI=1S/C10H17N3O/c1-5-14-10(2,3)9-12-7-6-8(11-4)13-9/h6-7H,5H2,1-4H3,(H,11,12,13). The lowest BCUT2D eigenvalue weighted by molar-refractivity contribution is -0.0207. The van der Waals surface area contributed by atoms with Crippen LogP contribution in [0.15, 0.2) is 12.3 Å². The van der Waals surface area contributed by atoms with Crippen LogP contribution >= 0.6 is 0 Å². The van der Waals surface area contributed by atoms with Crippen LogP contribution in [0, 0.1) is 0 Å². The van der Waals surface area contributed by atoms with Crippen LogP contribution in [0.1, 0.15) is 26.6 Å². The SMILES string of the molecule is CCOC(C)(C)c1nccc(NC)n1. The molecule has 0 unspecified atom stereocenters. The van der Waals surface area contributed by atoms with Crippen molar-refractivity contribution < 1.29 is 4.74 Å². The fraction of sp³-hybridized carbons (Fsp3) is 0.600. The zero-order valence-corrected chi connectivity index (χ0v) is 9.16. The Kier molecular flexibility index (Phi) is 3.41. The van der Waals surface area contributed by atoms with Gasteiger partial charge in [-0.2, -0.15) is 0 Å². The highest BCUT2D eigenvalue weighted by Gasteiger charge is 2.23. The quantitative estimate of drug-likeness (QED) is 0.795. The van der Waals surface area contributed by atoms with E-state index in [1.807, 2.05) is 33.9 Å². The first kappa shape index (κ1) is 10.9. The molecule has 4 nitrogen and oxygen atoms in total. The first-order chi connectivity index (χ1) is 6.60. The molecule has 1 heterocycles. The van der Waals surface area contributed by atoms with E-state index < -0.39 is 5.60 Å². The molecule has 1 rings (SSSR count). The fourth-order valence-corrected chi connectivity index (χ4v) is 1.21. The van der Waals surface area contributed by atoms with E-state index in [-0.39, 0.29) is 0 Å². The summed E-state index contributed by atoms with van der Waals surface area (Å²) < 4.78 is 5.56. The molecule has 0 aliphatic carbocycles. The second-order valence-electron chi connectivity index (χ2n) is 3.46. The second-order valence-corrected chi connectivity index (χ2v) is 3.46. The molecule has 0 fully saturated rings. The van der Waals surface area contributed by atoms with Gasteiger partial charge in [0.05, 0.1) is 0 Å². The van der Waals surface area contributed by atoms with Crippen molar-refractivity contribution in [1.82, 2.24) is 9.97 Å². The number of ether oxygens (including phenoxy) is 1. The van der Waals surface area contributed by atoms with E-state index in [2.05, 4.69) is 15.3 Å². The van der Waals surface area contributed by atoms with Crippen molar-refractivity contribution in [3.05, 3.63) is 18.1 Å². The first-order valence-corrected chi connectivity index (χ1v) is 4.75. The topological polar surface area (TPSA) is 47.0 Å². The van der Waals surface area contributed by atoms with E-state index in [1.165, 1.54) is 0 Å². The van der Waals surface area contributed by atoms with E-state index in [4.69, 9.17) is 4.74 Å². The number of nitrogens with zero attached hydrogens (tertiary/aromatic N) is 2. The van der Waals surface area contributed by atoms with Gasteiger partial charge in [-0.3, -0.25) is 0 Å². The molecule has 1 aromatic heterocycles. The van der Waals surface area contributed by atoms with Gasteiger partial charge in [-0.15, -0.1) is 0 Å². The third-order valence-corrected chi connectivity index (χ3v) is 1.96. The first-order valence-electron chi connectivity index (χ1n) is 4.75. The summed E-state index contributed by atoms with van der Waals surface area (Å²) in [7, 11) is 1.83. The molecule has 14 heavy (non-hydrogen) atoms. The summed E-state index contributed by atoms with van der Waals surface area (Å²) in [5.74, 6) is 1.51. The predicted octanol–water partition coefficient (Wildman–Crippen LogP) is 1.79. The van der Waals surface area contributed by atoms with Crippen molar-refractivity contribution >= 4 is 5.82 Å². The average Bonchev–Trinajstić information content (AvgIpc) is 2.18. The Morgan fingerprint density at radius 2 is 2.21 bits per heavy atom. The predicted molar refractivity (Wildman–Crippen MR) is 56.2 cm³/mol. The fourth-order valence-electron chi connectivity index (χ4n) is 1.21. The normalized spacial score (nSPS) is 11.4. The maximum absolute atomic E-state index is 5.56. The van der Waals surface area contributed by atoms with Crippen LogP contribution in [-0.4, -0.2) is 23.6 Å². The zero-order valence-electron chi connectivity index (χ0n) is 9.16. The molecule has 0 atom stereocenters. The number of nitrogens with one attached hydrogen (secondary N) is 1. The summed E-state index contributed by atoms with van der Waals surface area (Å²) >= 11 is 0. The van der Waals surface area contributed by atoms with Crippen molar-refractivity contribution in [2.24, 2.45) is 0 Å². The molecular weight excluding hydrogens is 178 g/mol. The molecule has 0 radical (unpaired) electrons. The van der Waals surface area contributed by atoms with Crippen LogP contribution in [0.5, 0.6) is 0 Å². The molecule has 0 saturated heterocycles. The smallest absolute Gasteiger partial charge is 0.162 e. The van der Waals surface area contributed by atoms with Gasteiger partial charge in [0, 0.05) is 19.9 Å². The minimum absolute atomic E-state index is 0.429. The molecule has 0 saturated carbocycles. The van der Waals surface area contributed by atoms with Gasteiger partial charge >= 0.3 is 0 Å². The molecule has 0 bridgehead atoms. The van der Waals surface area contributed by atoms with Gasteiger partial charge in [-0.1, -0.05) is 0 Å². The van der Waals surface area contributed by atoms with Crippen molar-refractivity contribution in [3.8, 4) is 0 Å². The van der Waals surface area contributed by atoms with Crippen molar-refractivity contribution in [2.75, 3.05) is 19.0 Å². The van der Waals surface area contributed by atoms with Crippen LogP contribution in [-0.2, 0) is 10.3 Å². The number of hydrogen-bond acceptors (Lipinski definition) is 4. The van der Waals surface area contributed by atoms with Crippen molar-refractivity contribution in [2.45, 2.75) is 26.4 Å². The average molecular weight is 195 g/mol. The molecular formula is C10H17N3O. The van der Waals surface area contributed by atoms with E-state index in [9.17, 15) is 0 Å². The Bertz CT molecular complexity index is 299. The highest BCUT2D eigenvalue weighted by Crippen LogP contribution is 2.21. The van der Waals surface area contributed by atoms with Gasteiger partial charge in [0.25, 0.3) is 0 Å². The number of anilines is 1. The summed E-state index contributed by atoms with van der Waals surface area (Å²) in [4.78, 5) is 8.54. The summed E-state index contributed by atoms with van der Waals surface area (Å²) in [6.07, 6.45) is 1.73. The van der Waals surface area contributed by atoms with Crippen LogP contribution in [0.4, 0.5) is 5.82 Å². The molecule has 0 aliphatic rings. The Morgan fingerprint density at radius 3 is 2.79 bits per heavy atom. The molecule has 1 N–H and O–H groups in total. The second kappa shape index (κ2) is 4.37. The lowest BCUT2D eigenvalue weighted by Gasteiger charge is -2.22. The van der Waals surface area contributed by atoms with Gasteiger partial charge in [0.2, 0.25) is 0 Å². The molecule has 0 amide bonds. The highest BCUT2D eigenvalue weighted by atomic mass is 16.5. The summed E-state index contributed by atoms with van der Waals surface area (Å²) in [6, 6.07) is 1.82. The van der Waals surface area contributed by atoms with E-state index in [0.717, 1.165) is 5.82 Å². The Hall–Kier alpha value is -1.16. The van der Waals surface area contributed by atoms with Crippen LogP contribution in [0.3, 0.4) is 0 Å². The third-order valence-electron chi connectivity index (χ3n) is 1.96. The van der Waals surface area contributed by atoms with Gasteiger partial charge in [0.1, 0.15) is 11.4 Å². The molecule has 4 heteroatoms. The van der Waals surface area contributed by atoms with Crippen LogP contribution < -0.4 is 5.32 Å². The zero-order chi connectivity index (χ0) is 10.6. The van der Waals surface area contributed by atoms with Gasteiger partial charge in [-0.05, 0) is 26.8 Å². The minimum Gasteiger partial charge on any atom is -0.373 e. The third kappa shape index (κ3) is 2.42. The minimum atomic E-state index is -0.429. The van der Waals surface area contributed by atoms with Crippen LogP contribution in [0.25, 0.3) is 0 Å². The lowest BCUT2D eigenvalue weighted by atomic mass is 10.1. The highest BCUT2D eigenvalue weighted by molar-refractivity contribution is 5.32. The molecule has 0 aliphatic heterocycles. The van der Waals surface area contributed by atoms with Crippen molar-refractivity contribution in [3.63, 3.8) is 0 Å². The molecule has 0 aromatic carbocycles. The summed E-state index contributed by atoms with van der Waals surface area (Å²) in [6.45, 7) is 6.54. The number of aromatic nitrogens is 2. The Balaban J connectivity index is 2.93. The van der Waals surface area contributed by atoms with E-state index in [1.54, 1.807) is 6.20 Å². The monoisotopic (exact) mass is 195 g/mol. The van der Waals surface area contributed by atoms with Gasteiger partial charge in [0.15, 0.2) is 5.82 Å². The molecule has 1 aromatic rings. The maximum Gasteiger partial charge on any atom is 0.162 e. The Morgan fingerprint density at radius 1 is 1.50 bits per heavy atom. The molecule has 78 valence electrons. The lowest BCUT2D eigenvalue weighted by Crippen LogP contribution is -2.24. The number of hydrogen-bond donors (Lipinski definition) is 1. The van der Waals surface area contributed by atoms with E-state index in [0.29, 0.717) is 12.4 Å². The number of rotatable bonds is 4. The van der Waals surface area contributed by atoms with Crippen LogP contribution in [0.2, 0.25) is 0 Å². The maximum atomic E-state index is 5.56. The van der Waals surface area contributed by atoms with E-state index >= 15 is 0 Å². The van der Waals surface area contributed by atoms with Gasteiger partial charge in [-0.25, -0.2) is 9.97 Å². The van der Waals surface area contributed by atoms with Crippen molar-refractivity contribution in [1.29, 1.82) is 0 Å². The largest absolute Gasteiger partial charge is 0.373 e.